The molecule has 0 aromatic carbocycles. The predicted molar refractivity (Wildman–Crippen MR) is 46.2 cm³/mol. The maximum atomic E-state index is 8.76. The highest BCUT2D eigenvalue weighted by molar-refractivity contribution is 5.11. The van der Waals surface area contributed by atoms with Crippen LogP contribution in [0.25, 0.3) is 0 Å². The van der Waals surface area contributed by atoms with E-state index in [9.17, 15) is 0 Å². The van der Waals surface area contributed by atoms with Gasteiger partial charge in [-0.1, -0.05) is 5.92 Å². The Bertz CT molecular complexity index is 353. The van der Waals surface area contributed by atoms with Crippen molar-refractivity contribution in [1.82, 2.24) is 20.3 Å². The summed E-state index contributed by atoms with van der Waals surface area (Å²) in [6, 6.07) is 1.56. The number of nitriles is 1. The SMILES string of the molecule is C#CCNC(C#N)c1cnn(C)n1. The second-order valence-corrected chi connectivity index (χ2v) is 2.41. The van der Waals surface area contributed by atoms with Gasteiger partial charge in [0.1, 0.15) is 11.7 Å². The number of terminal acetylenes is 1. The van der Waals surface area contributed by atoms with Gasteiger partial charge in [-0.3, -0.25) is 5.32 Å². The third kappa shape index (κ3) is 2.29. The van der Waals surface area contributed by atoms with Crippen molar-refractivity contribution in [2.75, 3.05) is 6.54 Å². The Kier molecular flexibility index (Phi) is 3.02. The van der Waals surface area contributed by atoms with Gasteiger partial charge in [-0.05, 0) is 0 Å². The third-order valence-electron chi connectivity index (χ3n) is 1.45. The number of hydrogen-bond donors (Lipinski definition) is 1. The third-order valence-corrected chi connectivity index (χ3v) is 1.45. The second kappa shape index (κ2) is 4.24. The molecule has 1 atom stereocenters. The summed E-state index contributed by atoms with van der Waals surface area (Å²) in [6.07, 6.45) is 6.59. The van der Waals surface area contributed by atoms with Crippen LogP contribution in [0.2, 0.25) is 0 Å². The lowest BCUT2D eigenvalue weighted by molar-refractivity contribution is 0.615. The summed E-state index contributed by atoms with van der Waals surface area (Å²) in [5.41, 5.74) is 0.584. The molecule has 0 spiro atoms. The van der Waals surface area contributed by atoms with E-state index in [0.717, 1.165) is 0 Å². The molecule has 0 aliphatic heterocycles. The van der Waals surface area contributed by atoms with Crippen LogP contribution in [0, 0.1) is 23.7 Å². The molecule has 0 radical (unpaired) electrons. The molecule has 0 saturated heterocycles. The van der Waals surface area contributed by atoms with Gasteiger partial charge in [0.25, 0.3) is 0 Å². The minimum Gasteiger partial charge on any atom is -0.286 e. The smallest absolute Gasteiger partial charge is 0.142 e. The zero-order valence-corrected chi connectivity index (χ0v) is 7.23. The van der Waals surface area contributed by atoms with Crippen LogP contribution in [-0.4, -0.2) is 21.5 Å². The molecule has 1 aromatic heterocycles. The summed E-state index contributed by atoms with van der Waals surface area (Å²) in [4.78, 5) is 1.40. The van der Waals surface area contributed by atoms with Gasteiger partial charge in [-0.2, -0.15) is 20.3 Å². The second-order valence-electron chi connectivity index (χ2n) is 2.41. The van der Waals surface area contributed by atoms with Crippen LogP contribution in [-0.2, 0) is 7.05 Å². The topological polar surface area (TPSA) is 66.5 Å². The molecule has 0 aliphatic rings. The van der Waals surface area contributed by atoms with Gasteiger partial charge in [0, 0.05) is 7.05 Å². The first-order valence-electron chi connectivity index (χ1n) is 3.70. The Hall–Kier alpha value is -1.85. The van der Waals surface area contributed by atoms with Crippen molar-refractivity contribution in [2.45, 2.75) is 6.04 Å². The van der Waals surface area contributed by atoms with Gasteiger partial charge in [0.2, 0.25) is 0 Å². The van der Waals surface area contributed by atoms with Crippen molar-refractivity contribution < 1.29 is 0 Å². The lowest BCUT2D eigenvalue weighted by Crippen LogP contribution is -2.20. The van der Waals surface area contributed by atoms with Crippen molar-refractivity contribution in [3.8, 4) is 18.4 Å². The van der Waals surface area contributed by atoms with Gasteiger partial charge in [-0.15, -0.1) is 6.42 Å². The minimum absolute atomic E-state index is 0.342. The lowest BCUT2D eigenvalue weighted by Gasteiger charge is -2.03. The van der Waals surface area contributed by atoms with E-state index in [1.807, 2.05) is 6.07 Å². The molecule has 5 nitrogen and oxygen atoms in total. The first-order valence-corrected chi connectivity index (χ1v) is 3.70. The van der Waals surface area contributed by atoms with Crippen LogP contribution in [0.3, 0.4) is 0 Å². The molecule has 0 saturated carbocycles. The first kappa shape index (κ1) is 9.24. The Morgan fingerprint density at radius 2 is 2.62 bits per heavy atom. The van der Waals surface area contributed by atoms with Crippen molar-refractivity contribution >= 4 is 0 Å². The predicted octanol–water partition coefficient (Wildman–Crippen LogP) is -0.397. The number of aryl methyl sites for hydroxylation is 1. The Balaban J connectivity index is 2.69. The molecular formula is C8H9N5. The number of nitrogens with one attached hydrogen (secondary N) is 1. The van der Waals surface area contributed by atoms with Crippen molar-refractivity contribution in [3.63, 3.8) is 0 Å². The maximum absolute atomic E-state index is 8.76. The zero-order chi connectivity index (χ0) is 9.68. The van der Waals surface area contributed by atoms with E-state index in [4.69, 9.17) is 11.7 Å². The molecule has 0 bridgehead atoms. The summed E-state index contributed by atoms with van der Waals surface area (Å²) >= 11 is 0. The molecule has 13 heavy (non-hydrogen) atoms. The Labute approximate surface area is 76.4 Å². The Morgan fingerprint density at radius 1 is 1.85 bits per heavy atom. The van der Waals surface area contributed by atoms with E-state index in [-0.39, 0.29) is 0 Å². The number of aromatic nitrogens is 3. The molecule has 0 amide bonds. The molecule has 1 rings (SSSR count). The average Bonchev–Trinajstić information content (AvgIpc) is 2.54. The molecule has 1 N–H and O–H groups in total. The van der Waals surface area contributed by atoms with Crippen LogP contribution in [0.5, 0.6) is 0 Å². The van der Waals surface area contributed by atoms with Gasteiger partial charge < -0.3 is 0 Å². The molecular weight excluding hydrogens is 166 g/mol. The largest absolute Gasteiger partial charge is 0.286 e. The molecule has 66 valence electrons. The van der Waals surface area contributed by atoms with Crippen molar-refractivity contribution in [3.05, 3.63) is 11.9 Å². The highest BCUT2D eigenvalue weighted by atomic mass is 15.4. The van der Waals surface area contributed by atoms with E-state index < -0.39 is 6.04 Å². The summed E-state index contributed by atoms with van der Waals surface area (Å²) in [5, 5.41) is 19.4. The maximum Gasteiger partial charge on any atom is 0.142 e. The molecule has 1 unspecified atom stereocenters. The summed E-state index contributed by atoms with van der Waals surface area (Å²) in [6.45, 7) is 0.342. The molecule has 0 fully saturated rings. The minimum atomic E-state index is -0.482. The first-order chi connectivity index (χ1) is 6.27. The van der Waals surface area contributed by atoms with Crippen LogP contribution < -0.4 is 5.32 Å². The highest BCUT2D eigenvalue weighted by Crippen LogP contribution is 2.05. The van der Waals surface area contributed by atoms with Crippen LogP contribution in [0.15, 0.2) is 6.20 Å². The van der Waals surface area contributed by atoms with Gasteiger partial charge in [-0.25, -0.2) is 0 Å². The fourth-order valence-corrected chi connectivity index (χ4v) is 0.871. The van der Waals surface area contributed by atoms with Crippen LogP contribution in [0.1, 0.15) is 11.7 Å². The highest BCUT2D eigenvalue weighted by Gasteiger charge is 2.11. The zero-order valence-electron chi connectivity index (χ0n) is 7.23. The quantitative estimate of drug-likeness (QED) is 0.635. The molecule has 1 heterocycles. The Morgan fingerprint density at radius 3 is 3.08 bits per heavy atom. The molecule has 0 aliphatic carbocycles. The summed E-state index contributed by atoms with van der Waals surface area (Å²) in [5.74, 6) is 2.39. The summed E-state index contributed by atoms with van der Waals surface area (Å²) in [7, 11) is 1.69. The molecule has 1 aromatic rings. The number of hydrogen-bond acceptors (Lipinski definition) is 4. The normalized spacial score (nSPS) is 11.6. The lowest BCUT2D eigenvalue weighted by atomic mass is 10.2. The van der Waals surface area contributed by atoms with Gasteiger partial charge in [0.15, 0.2) is 0 Å². The van der Waals surface area contributed by atoms with E-state index in [1.165, 1.54) is 11.0 Å². The summed E-state index contributed by atoms with van der Waals surface area (Å²) < 4.78 is 0. The fraction of sp³-hybridized carbons (Fsp3) is 0.375. The van der Waals surface area contributed by atoms with Crippen molar-refractivity contribution in [2.24, 2.45) is 7.05 Å². The molecule has 5 heteroatoms. The van der Waals surface area contributed by atoms with E-state index >= 15 is 0 Å². The van der Waals surface area contributed by atoms with Crippen LogP contribution >= 0.6 is 0 Å². The van der Waals surface area contributed by atoms with Gasteiger partial charge >= 0.3 is 0 Å². The number of nitrogens with zero attached hydrogens (tertiary/aromatic N) is 4. The average molecular weight is 175 g/mol. The monoisotopic (exact) mass is 175 g/mol. The van der Waals surface area contributed by atoms with E-state index in [0.29, 0.717) is 12.2 Å². The van der Waals surface area contributed by atoms with Crippen molar-refractivity contribution in [1.29, 1.82) is 5.26 Å². The van der Waals surface area contributed by atoms with E-state index in [1.54, 1.807) is 7.05 Å². The standard InChI is InChI=1S/C8H9N5/c1-3-4-10-7(5-9)8-6-11-13(2)12-8/h1,6-7,10H,4H2,2H3. The van der Waals surface area contributed by atoms with E-state index in [2.05, 4.69) is 21.4 Å². The van der Waals surface area contributed by atoms with Crippen LogP contribution in [0.4, 0.5) is 0 Å². The number of rotatable bonds is 3. The fourth-order valence-electron chi connectivity index (χ4n) is 0.871. The van der Waals surface area contributed by atoms with Gasteiger partial charge in [0.05, 0.1) is 18.8 Å².